The Labute approximate surface area is 214 Å². The molecule has 0 spiro atoms. The molecule has 1 N–H and O–H groups in total. The number of amides is 1. The molecule has 0 saturated heterocycles. The molecule has 0 unspecified atom stereocenters. The molecule has 2 aromatic heterocycles. The van der Waals surface area contributed by atoms with E-state index in [1.165, 1.54) is 0 Å². The first kappa shape index (κ1) is 23.8. The minimum absolute atomic E-state index is 0.262. The molecule has 6 nitrogen and oxygen atoms in total. The number of nitrogens with one attached hydrogen (secondary N) is 1. The van der Waals surface area contributed by atoms with Crippen molar-refractivity contribution >= 4 is 62.5 Å². The smallest absolute Gasteiger partial charge is 0.256 e. The van der Waals surface area contributed by atoms with Gasteiger partial charge in [0.1, 0.15) is 5.02 Å². The molecule has 2 heterocycles. The van der Waals surface area contributed by atoms with Crippen molar-refractivity contribution in [1.82, 2.24) is 19.6 Å². The summed E-state index contributed by atoms with van der Waals surface area (Å²) in [5, 5.41) is 13.1. The number of hydrogen-bond donors (Lipinski definition) is 1. The van der Waals surface area contributed by atoms with Crippen molar-refractivity contribution in [2.24, 2.45) is 0 Å². The summed E-state index contributed by atoms with van der Waals surface area (Å²) < 4.78 is 4.47. The number of carbonyl (C=O) groups excluding carboxylic acids is 1. The van der Waals surface area contributed by atoms with E-state index in [0.717, 1.165) is 27.0 Å². The predicted molar refractivity (Wildman–Crippen MR) is 136 cm³/mol. The van der Waals surface area contributed by atoms with Crippen molar-refractivity contribution < 1.29 is 4.79 Å². The first-order valence-corrected chi connectivity index (χ1v) is 11.9. The fourth-order valence-electron chi connectivity index (χ4n) is 3.40. The van der Waals surface area contributed by atoms with Gasteiger partial charge in [-0.25, -0.2) is 0 Å². The molecule has 0 radical (unpaired) electrons. The molecular formula is C23H19BrCl3N5O. The zero-order chi connectivity index (χ0) is 23.7. The Balaban J connectivity index is 1.50. The van der Waals surface area contributed by atoms with Crippen LogP contribution in [-0.2, 0) is 13.1 Å². The van der Waals surface area contributed by atoms with Crippen molar-refractivity contribution in [3.05, 3.63) is 96.3 Å². The highest BCUT2D eigenvalue weighted by molar-refractivity contribution is 9.10. The van der Waals surface area contributed by atoms with Crippen LogP contribution in [0.5, 0.6) is 0 Å². The SMILES string of the molecule is Cc1nn(Cc2cccc(C(=O)Nc3nn(Cc4c(Cl)cccc4Cl)cc3Cl)c2)c(C)c1Br. The molecular weight excluding hydrogens is 549 g/mol. The third kappa shape index (κ3) is 5.27. The van der Waals surface area contributed by atoms with E-state index in [-0.39, 0.29) is 11.7 Å². The number of halogens is 4. The quantitative estimate of drug-likeness (QED) is 0.280. The minimum Gasteiger partial charge on any atom is -0.304 e. The van der Waals surface area contributed by atoms with Crippen LogP contribution < -0.4 is 5.32 Å². The first-order valence-electron chi connectivity index (χ1n) is 9.98. The van der Waals surface area contributed by atoms with Gasteiger partial charge in [-0.2, -0.15) is 10.2 Å². The fourth-order valence-corrected chi connectivity index (χ4v) is 4.40. The van der Waals surface area contributed by atoms with Gasteiger partial charge in [0, 0.05) is 27.4 Å². The van der Waals surface area contributed by atoms with Crippen molar-refractivity contribution in [2.75, 3.05) is 5.32 Å². The van der Waals surface area contributed by atoms with Crippen LogP contribution in [0, 0.1) is 13.8 Å². The highest BCUT2D eigenvalue weighted by atomic mass is 79.9. The van der Waals surface area contributed by atoms with Crippen LogP contribution in [0.25, 0.3) is 0 Å². The second kappa shape index (κ2) is 9.89. The van der Waals surface area contributed by atoms with E-state index in [0.29, 0.717) is 33.7 Å². The van der Waals surface area contributed by atoms with E-state index in [4.69, 9.17) is 34.8 Å². The van der Waals surface area contributed by atoms with Crippen LogP contribution in [0.2, 0.25) is 15.1 Å². The van der Waals surface area contributed by atoms with Gasteiger partial charge in [-0.3, -0.25) is 14.2 Å². The second-order valence-electron chi connectivity index (χ2n) is 7.52. The summed E-state index contributed by atoms with van der Waals surface area (Å²) in [4.78, 5) is 12.9. The van der Waals surface area contributed by atoms with Gasteiger partial charge >= 0.3 is 0 Å². The topological polar surface area (TPSA) is 64.7 Å². The lowest BCUT2D eigenvalue weighted by molar-refractivity contribution is 0.102. The lowest BCUT2D eigenvalue weighted by Gasteiger charge is -2.08. The average Bonchev–Trinajstić information content (AvgIpc) is 3.24. The van der Waals surface area contributed by atoms with Gasteiger partial charge in [-0.15, -0.1) is 0 Å². The maximum atomic E-state index is 12.9. The van der Waals surface area contributed by atoms with E-state index in [1.54, 1.807) is 35.1 Å². The number of anilines is 1. The zero-order valence-electron chi connectivity index (χ0n) is 17.7. The number of hydrogen-bond acceptors (Lipinski definition) is 3. The monoisotopic (exact) mass is 565 g/mol. The summed E-state index contributed by atoms with van der Waals surface area (Å²) in [6.45, 7) is 4.81. The molecule has 1 amide bonds. The van der Waals surface area contributed by atoms with E-state index in [2.05, 4.69) is 31.4 Å². The Morgan fingerprint density at radius 3 is 2.36 bits per heavy atom. The van der Waals surface area contributed by atoms with E-state index in [1.807, 2.05) is 36.7 Å². The van der Waals surface area contributed by atoms with Crippen molar-refractivity contribution in [2.45, 2.75) is 26.9 Å². The van der Waals surface area contributed by atoms with Crippen molar-refractivity contribution in [1.29, 1.82) is 0 Å². The van der Waals surface area contributed by atoms with Gasteiger partial charge in [-0.05, 0) is 59.6 Å². The Kier molecular flexibility index (Phi) is 7.14. The van der Waals surface area contributed by atoms with Crippen molar-refractivity contribution in [3.63, 3.8) is 0 Å². The van der Waals surface area contributed by atoms with Gasteiger partial charge < -0.3 is 5.32 Å². The van der Waals surface area contributed by atoms with Gasteiger partial charge in [-0.1, -0.05) is 53.0 Å². The molecule has 0 bridgehead atoms. The van der Waals surface area contributed by atoms with Crippen LogP contribution >= 0.6 is 50.7 Å². The molecule has 33 heavy (non-hydrogen) atoms. The average molecular weight is 568 g/mol. The molecule has 2 aromatic carbocycles. The number of benzene rings is 2. The lowest BCUT2D eigenvalue weighted by Crippen LogP contribution is -2.14. The van der Waals surface area contributed by atoms with Crippen LogP contribution in [-0.4, -0.2) is 25.5 Å². The normalized spacial score (nSPS) is 11.1. The highest BCUT2D eigenvalue weighted by Crippen LogP contribution is 2.27. The maximum absolute atomic E-state index is 12.9. The van der Waals surface area contributed by atoms with Gasteiger partial charge in [0.2, 0.25) is 0 Å². The molecule has 4 aromatic rings. The summed E-state index contributed by atoms with van der Waals surface area (Å²) >= 11 is 22.3. The summed E-state index contributed by atoms with van der Waals surface area (Å²) in [6, 6.07) is 12.7. The third-order valence-electron chi connectivity index (χ3n) is 5.15. The molecule has 0 aliphatic heterocycles. The molecule has 0 saturated carbocycles. The maximum Gasteiger partial charge on any atom is 0.256 e. The Morgan fingerprint density at radius 1 is 1.00 bits per heavy atom. The Hall–Kier alpha value is -2.32. The summed E-state index contributed by atoms with van der Waals surface area (Å²) in [7, 11) is 0. The van der Waals surface area contributed by atoms with Gasteiger partial charge in [0.05, 0.1) is 29.0 Å². The van der Waals surface area contributed by atoms with Crippen LogP contribution in [0.1, 0.15) is 32.9 Å². The molecule has 0 atom stereocenters. The molecule has 0 aliphatic rings. The van der Waals surface area contributed by atoms with E-state index < -0.39 is 0 Å². The minimum atomic E-state index is -0.311. The van der Waals surface area contributed by atoms with Gasteiger partial charge in [0.25, 0.3) is 5.91 Å². The van der Waals surface area contributed by atoms with Crippen LogP contribution in [0.4, 0.5) is 5.82 Å². The molecule has 0 aliphatic carbocycles. The Morgan fingerprint density at radius 2 is 1.70 bits per heavy atom. The lowest BCUT2D eigenvalue weighted by atomic mass is 10.1. The third-order valence-corrected chi connectivity index (χ3v) is 7.28. The van der Waals surface area contributed by atoms with Gasteiger partial charge in [0.15, 0.2) is 5.82 Å². The molecule has 4 rings (SSSR count). The zero-order valence-corrected chi connectivity index (χ0v) is 21.6. The molecule has 0 fully saturated rings. The summed E-state index contributed by atoms with van der Waals surface area (Å²) in [5.74, 6) is -0.0490. The van der Waals surface area contributed by atoms with E-state index in [9.17, 15) is 4.79 Å². The number of carbonyl (C=O) groups is 1. The van der Waals surface area contributed by atoms with E-state index >= 15 is 0 Å². The second-order valence-corrected chi connectivity index (χ2v) is 9.53. The standard InChI is InChI=1S/C23H19BrCl3N5O/c1-13-21(24)14(2)32(29-13)10-15-5-3-6-16(9-15)23(33)28-22-20(27)12-31(30-22)11-17-18(25)7-4-8-19(17)26/h3-9,12H,10-11H2,1-2H3,(H,28,30,33). The molecule has 10 heteroatoms. The highest BCUT2D eigenvalue weighted by Gasteiger charge is 2.15. The summed E-state index contributed by atoms with van der Waals surface area (Å²) in [6.07, 6.45) is 1.62. The summed E-state index contributed by atoms with van der Waals surface area (Å²) in [5.41, 5.74) is 4.11. The fraction of sp³-hybridized carbons (Fsp3) is 0.174. The van der Waals surface area contributed by atoms with Crippen LogP contribution in [0.3, 0.4) is 0 Å². The van der Waals surface area contributed by atoms with Crippen molar-refractivity contribution in [3.8, 4) is 0 Å². The number of nitrogens with zero attached hydrogens (tertiary/aromatic N) is 4. The number of rotatable bonds is 6. The number of aromatic nitrogens is 4. The Bertz CT molecular complexity index is 1330. The predicted octanol–water partition coefficient (Wildman–Crippen LogP) is 6.77. The number of aryl methyl sites for hydroxylation is 1. The first-order chi connectivity index (χ1) is 15.7. The molecule has 170 valence electrons. The largest absolute Gasteiger partial charge is 0.304 e. The van der Waals surface area contributed by atoms with Crippen LogP contribution in [0.15, 0.2) is 53.1 Å².